The molecule has 0 aliphatic heterocycles. The summed E-state index contributed by atoms with van der Waals surface area (Å²) in [6, 6.07) is 10.1. The summed E-state index contributed by atoms with van der Waals surface area (Å²) < 4.78 is 2.13. The van der Waals surface area contributed by atoms with Crippen LogP contribution in [0.1, 0.15) is 23.8 Å². The molecular formula is C19H20ClN3S2. The minimum absolute atomic E-state index is 0.699. The first-order chi connectivity index (χ1) is 12.2. The van der Waals surface area contributed by atoms with Gasteiger partial charge in [0, 0.05) is 33.1 Å². The number of halogens is 1. The average molecular weight is 390 g/mol. The fourth-order valence-electron chi connectivity index (χ4n) is 2.51. The normalized spacial score (nSPS) is 11.0. The molecule has 0 bridgehead atoms. The van der Waals surface area contributed by atoms with Gasteiger partial charge in [-0.3, -0.25) is 4.57 Å². The fraction of sp³-hybridized carbons (Fsp3) is 0.263. The van der Waals surface area contributed by atoms with Crippen LogP contribution in [0.3, 0.4) is 0 Å². The highest BCUT2D eigenvalue weighted by Crippen LogP contribution is 2.29. The Morgan fingerprint density at radius 3 is 2.80 bits per heavy atom. The van der Waals surface area contributed by atoms with Crippen molar-refractivity contribution < 1.29 is 0 Å². The zero-order valence-corrected chi connectivity index (χ0v) is 16.5. The smallest absolute Gasteiger partial charge is 0.192 e. The standard InChI is InChI=1S/C19H20ClN3S2/c1-3-5-17-11-15(13-24-17)18-21-22-19(23(18)10-4-2)25-12-14-6-8-16(20)9-7-14/h4,6-9,11,13H,2-3,5,10,12H2,1H3. The van der Waals surface area contributed by atoms with Crippen molar-refractivity contribution >= 4 is 34.7 Å². The van der Waals surface area contributed by atoms with Crippen molar-refractivity contribution in [2.45, 2.75) is 37.2 Å². The van der Waals surface area contributed by atoms with Gasteiger partial charge in [0.25, 0.3) is 0 Å². The van der Waals surface area contributed by atoms with Gasteiger partial charge < -0.3 is 0 Å². The molecular weight excluding hydrogens is 370 g/mol. The van der Waals surface area contributed by atoms with E-state index in [1.54, 1.807) is 23.1 Å². The Kier molecular flexibility index (Phi) is 6.34. The van der Waals surface area contributed by atoms with E-state index >= 15 is 0 Å². The first-order valence-corrected chi connectivity index (χ1v) is 10.4. The number of hydrogen-bond acceptors (Lipinski definition) is 4. The predicted molar refractivity (Wildman–Crippen MR) is 109 cm³/mol. The van der Waals surface area contributed by atoms with Crippen molar-refractivity contribution in [1.82, 2.24) is 14.8 Å². The number of aromatic nitrogens is 3. The lowest BCUT2D eigenvalue weighted by Gasteiger charge is -2.07. The molecule has 6 heteroatoms. The van der Waals surface area contributed by atoms with E-state index in [4.69, 9.17) is 11.6 Å². The molecule has 0 aliphatic rings. The van der Waals surface area contributed by atoms with Crippen LogP contribution in [0, 0.1) is 0 Å². The van der Waals surface area contributed by atoms with Crippen LogP contribution < -0.4 is 0 Å². The maximum absolute atomic E-state index is 5.95. The third kappa shape index (κ3) is 4.54. The highest BCUT2D eigenvalue weighted by Gasteiger charge is 2.15. The SMILES string of the molecule is C=CCn1c(SCc2ccc(Cl)cc2)nnc1-c1csc(CCC)c1. The summed E-state index contributed by atoms with van der Waals surface area (Å²) >= 11 is 9.42. The van der Waals surface area contributed by atoms with Crippen LogP contribution in [0.15, 0.2) is 53.5 Å². The number of hydrogen-bond donors (Lipinski definition) is 0. The van der Waals surface area contributed by atoms with Gasteiger partial charge >= 0.3 is 0 Å². The fourth-order valence-corrected chi connectivity index (χ4v) is 4.51. The van der Waals surface area contributed by atoms with Gasteiger partial charge in [-0.15, -0.1) is 28.1 Å². The molecule has 0 radical (unpaired) electrons. The van der Waals surface area contributed by atoms with Gasteiger partial charge in [-0.25, -0.2) is 0 Å². The van der Waals surface area contributed by atoms with Gasteiger partial charge in [0.05, 0.1) is 0 Å². The summed E-state index contributed by atoms with van der Waals surface area (Å²) in [5.74, 6) is 1.74. The zero-order valence-electron chi connectivity index (χ0n) is 14.1. The summed E-state index contributed by atoms with van der Waals surface area (Å²) in [6.45, 7) is 6.77. The molecule has 25 heavy (non-hydrogen) atoms. The zero-order chi connectivity index (χ0) is 17.6. The Balaban J connectivity index is 1.80. The number of nitrogens with zero attached hydrogens (tertiary/aromatic N) is 3. The van der Waals surface area contributed by atoms with E-state index < -0.39 is 0 Å². The van der Waals surface area contributed by atoms with E-state index in [0.29, 0.717) is 6.54 Å². The Labute approximate surface area is 161 Å². The number of thioether (sulfide) groups is 1. The molecule has 2 aromatic heterocycles. The molecule has 0 saturated heterocycles. The van der Waals surface area contributed by atoms with E-state index in [-0.39, 0.29) is 0 Å². The van der Waals surface area contributed by atoms with Crippen LogP contribution in [0.5, 0.6) is 0 Å². The van der Waals surface area contributed by atoms with E-state index in [1.807, 2.05) is 30.3 Å². The Morgan fingerprint density at radius 2 is 2.08 bits per heavy atom. The second kappa shape index (κ2) is 8.70. The Bertz CT molecular complexity index is 837. The third-order valence-electron chi connectivity index (χ3n) is 3.72. The van der Waals surface area contributed by atoms with Gasteiger partial charge in [-0.05, 0) is 30.2 Å². The number of rotatable bonds is 8. The molecule has 3 aromatic rings. The number of benzene rings is 1. The van der Waals surface area contributed by atoms with Crippen molar-refractivity contribution in [3.05, 3.63) is 63.8 Å². The quantitative estimate of drug-likeness (QED) is 0.345. The molecule has 0 atom stereocenters. The van der Waals surface area contributed by atoms with Crippen molar-refractivity contribution in [2.24, 2.45) is 0 Å². The molecule has 0 spiro atoms. The lowest BCUT2D eigenvalue weighted by molar-refractivity contribution is 0.731. The first-order valence-electron chi connectivity index (χ1n) is 8.20. The monoisotopic (exact) mass is 389 g/mol. The van der Waals surface area contributed by atoms with Crippen molar-refractivity contribution in [3.8, 4) is 11.4 Å². The van der Waals surface area contributed by atoms with E-state index in [2.05, 4.69) is 39.7 Å². The summed E-state index contributed by atoms with van der Waals surface area (Å²) in [6.07, 6.45) is 4.15. The van der Waals surface area contributed by atoms with Crippen molar-refractivity contribution in [1.29, 1.82) is 0 Å². The predicted octanol–water partition coefficient (Wildman–Crippen LogP) is 6.09. The van der Waals surface area contributed by atoms with E-state index in [1.165, 1.54) is 10.4 Å². The molecule has 0 aliphatic carbocycles. The van der Waals surface area contributed by atoms with Crippen LogP contribution in [-0.4, -0.2) is 14.8 Å². The van der Waals surface area contributed by atoms with Gasteiger partial charge in [-0.1, -0.05) is 54.9 Å². The van der Waals surface area contributed by atoms with Crippen molar-refractivity contribution in [2.75, 3.05) is 0 Å². The van der Waals surface area contributed by atoms with E-state index in [0.717, 1.165) is 40.2 Å². The topological polar surface area (TPSA) is 30.7 Å². The van der Waals surface area contributed by atoms with E-state index in [9.17, 15) is 0 Å². The van der Waals surface area contributed by atoms with Crippen LogP contribution in [0.25, 0.3) is 11.4 Å². The largest absolute Gasteiger partial charge is 0.298 e. The molecule has 3 rings (SSSR count). The number of allylic oxidation sites excluding steroid dienone is 1. The lowest BCUT2D eigenvalue weighted by Crippen LogP contribution is -2.00. The molecule has 0 saturated carbocycles. The molecule has 1 aromatic carbocycles. The molecule has 0 unspecified atom stereocenters. The van der Waals surface area contributed by atoms with Crippen LogP contribution in [-0.2, 0) is 18.7 Å². The highest BCUT2D eigenvalue weighted by molar-refractivity contribution is 7.98. The Hall–Kier alpha value is -1.56. The van der Waals surface area contributed by atoms with Gasteiger partial charge in [0.1, 0.15) is 0 Å². The van der Waals surface area contributed by atoms with Gasteiger partial charge in [-0.2, -0.15) is 0 Å². The molecule has 0 N–H and O–H groups in total. The summed E-state index contributed by atoms with van der Waals surface area (Å²) in [5, 5.41) is 12.7. The maximum atomic E-state index is 5.95. The third-order valence-corrected chi connectivity index (χ3v) is 6.00. The second-order valence-corrected chi connectivity index (χ2v) is 8.05. The van der Waals surface area contributed by atoms with Gasteiger partial charge in [0.2, 0.25) is 0 Å². The molecule has 3 nitrogen and oxygen atoms in total. The summed E-state index contributed by atoms with van der Waals surface area (Å²) in [5.41, 5.74) is 2.35. The summed E-state index contributed by atoms with van der Waals surface area (Å²) in [4.78, 5) is 1.39. The first kappa shape index (κ1) is 18.2. The molecule has 0 amide bonds. The molecule has 130 valence electrons. The second-order valence-electron chi connectivity index (χ2n) is 5.67. The number of thiophene rings is 1. The minimum Gasteiger partial charge on any atom is -0.298 e. The number of aryl methyl sites for hydroxylation is 1. The lowest BCUT2D eigenvalue weighted by atomic mass is 10.2. The van der Waals surface area contributed by atoms with Crippen LogP contribution in [0.4, 0.5) is 0 Å². The Morgan fingerprint density at radius 1 is 1.28 bits per heavy atom. The van der Waals surface area contributed by atoms with Gasteiger partial charge in [0.15, 0.2) is 11.0 Å². The highest BCUT2D eigenvalue weighted by atomic mass is 35.5. The maximum Gasteiger partial charge on any atom is 0.192 e. The molecule has 0 fully saturated rings. The average Bonchev–Trinajstić information content (AvgIpc) is 3.22. The minimum atomic E-state index is 0.699. The van der Waals surface area contributed by atoms with Crippen LogP contribution in [0.2, 0.25) is 5.02 Å². The summed E-state index contributed by atoms with van der Waals surface area (Å²) in [7, 11) is 0. The molecule has 2 heterocycles. The van der Waals surface area contributed by atoms with Crippen LogP contribution >= 0.6 is 34.7 Å². The van der Waals surface area contributed by atoms with Crippen molar-refractivity contribution in [3.63, 3.8) is 0 Å².